The zero-order valence-corrected chi connectivity index (χ0v) is 14.2. The molecule has 1 aliphatic carbocycles. The van der Waals surface area contributed by atoms with E-state index in [1.165, 1.54) is 0 Å². The summed E-state index contributed by atoms with van der Waals surface area (Å²) in [6.45, 7) is 5.74. The third kappa shape index (κ3) is 3.82. The molecule has 0 bridgehead atoms. The Hall–Kier alpha value is -2.20. The first kappa shape index (κ1) is 16.7. The van der Waals surface area contributed by atoms with Crippen LogP contribution in [0.2, 0.25) is 0 Å². The van der Waals surface area contributed by atoms with Gasteiger partial charge in [-0.15, -0.1) is 0 Å². The first-order valence-electron chi connectivity index (χ1n) is 8.40. The van der Waals surface area contributed by atoms with Gasteiger partial charge >= 0.3 is 0 Å². The molecule has 0 aromatic carbocycles. The maximum atomic E-state index is 12.1. The molecule has 1 aromatic rings. The van der Waals surface area contributed by atoms with Crippen LogP contribution in [-0.4, -0.2) is 36.1 Å². The lowest BCUT2D eigenvalue weighted by Gasteiger charge is -2.39. The van der Waals surface area contributed by atoms with E-state index >= 15 is 0 Å². The average molecular weight is 323 g/mol. The zero-order valence-electron chi connectivity index (χ0n) is 14.2. The van der Waals surface area contributed by atoms with Crippen LogP contribution in [0, 0.1) is 6.42 Å². The van der Waals surface area contributed by atoms with Gasteiger partial charge in [-0.3, -0.25) is 4.79 Å². The SMILES string of the molecule is CC1COCC(C)N1c1ccc(C=CC(=O)C2=CC[CH]C=C2)cn1. The quantitative estimate of drug-likeness (QED) is 0.797. The van der Waals surface area contributed by atoms with Gasteiger partial charge in [0.25, 0.3) is 0 Å². The Morgan fingerprint density at radius 3 is 2.71 bits per heavy atom. The number of ether oxygens (including phenoxy) is 1. The normalized spacial score (nSPS) is 24.2. The van der Waals surface area contributed by atoms with Crippen LogP contribution < -0.4 is 4.90 Å². The number of nitrogens with zero attached hydrogens (tertiary/aromatic N) is 2. The predicted molar refractivity (Wildman–Crippen MR) is 96.6 cm³/mol. The van der Waals surface area contributed by atoms with Crippen LogP contribution in [0.1, 0.15) is 25.8 Å². The molecule has 2 atom stereocenters. The van der Waals surface area contributed by atoms with E-state index in [0.717, 1.165) is 36.6 Å². The fraction of sp³-hybridized carbons (Fsp3) is 0.350. The number of hydrogen-bond donors (Lipinski definition) is 0. The Morgan fingerprint density at radius 2 is 2.08 bits per heavy atom. The molecule has 2 heterocycles. The summed E-state index contributed by atoms with van der Waals surface area (Å²) in [5.74, 6) is 0.981. The first-order valence-corrected chi connectivity index (χ1v) is 8.40. The van der Waals surface area contributed by atoms with Crippen molar-refractivity contribution in [3.05, 3.63) is 60.2 Å². The van der Waals surface area contributed by atoms with Gasteiger partial charge in [-0.1, -0.05) is 18.2 Å². The van der Waals surface area contributed by atoms with Gasteiger partial charge in [-0.05, 0) is 56.5 Å². The van der Waals surface area contributed by atoms with E-state index in [-0.39, 0.29) is 5.78 Å². The Labute approximate surface area is 143 Å². The highest BCUT2D eigenvalue weighted by Gasteiger charge is 2.26. The van der Waals surface area contributed by atoms with Crippen molar-refractivity contribution in [3.63, 3.8) is 0 Å². The number of rotatable bonds is 4. The predicted octanol–water partition coefficient (Wildman–Crippen LogP) is 3.37. The summed E-state index contributed by atoms with van der Waals surface area (Å²) in [4.78, 5) is 19.0. The number of morpholine rings is 1. The minimum absolute atomic E-state index is 0.0267. The molecule has 1 fully saturated rings. The summed E-state index contributed by atoms with van der Waals surface area (Å²) < 4.78 is 5.56. The van der Waals surface area contributed by atoms with Crippen LogP contribution in [0.5, 0.6) is 0 Å². The molecular weight excluding hydrogens is 300 g/mol. The van der Waals surface area contributed by atoms with Crippen molar-refractivity contribution in [3.8, 4) is 0 Å². The van der Waals surface area contributed by atoms with Gasteiger partial charge in [0.2, 0.25) is 0 Å². The molecule has 0 N–H and O–H groups in total. The Bertz CT molecular complexity index is 663. The Morgan fingerprint density at radius 1 is 1.29 bits per heavy atom. The van der Waals surface area contributed by atoms with E-state index in [1.807, 2.05) is 49.1 Å². The second-order valence-electron chi connectivity index (χ2n) is 6.28. The number of allylic oxidation sites excluding steroid dienone is 5. The van der Waals surface area contributed by atoms with Crippen LogP contribution in [0.3, 0.4) is 0 Å². The van der Waals surface area contributed by atoms with Crippen LogP contribution in [-0.2, 0) is 9.53 Å². The van der Waals surface area contributed by atoms with Gasteiger partial charge in [0.1, 0.15) is 5.82 Å². The van der Waals surface area contributed by atoms with Gasteiger partial charge in [0.05, 0.1) is 25.3 Å². The molecule has 1 aromatic heterocycles. The third-order valence-corrected chi connectivity index (χ3v) is 4.30. The molecule has 0 spiro atoms. The Kier molecular flexibility index (Phi) is 5.26. The highest BCUT2D eigenvalue weighted by atomic mass is 16.5. The average Bonchev–Trinajstić information content (AvgIpc) is 2.61. The van der Waals surface area contributed by atoms with Crippen molar-refractivity contribution < 1.29 is 9.53 Å². The van der Waals surface area contributed by atoms with Crippen molar-refractivity contribution in [2.75, 3.05) is 18.1 Å². The van der Waals surface area contributed by atoms with Crippen molar-refractivity contribution in [2.45, 2.75) is 32.4 Å². The summed E-state index contributed by atoms with van der Waals surface area (Å²) in [6, 6.07) is 4.63. The molecule has 125 valence electrons. The highest BCUT2D eigenvalue weighted by molar-refractivity contribution is 6.08. The lowest BCUT2D eigenvalue weighted by molar-refractivity contribution is -0.111. The van der Waals surface area contributed by atoms with Crippen LogP contribution in [0.25, 0.3) is 6.08 Å². The van der Waals surface area contributed by atoms with Crippen LogP contribution >= 0.6 is 0 Å². The van der Waals surface area contributed by atoms with Crippen molar-refractivity contribution in [1.29, 1.82) is 0 Å². The highest BCUT2D eigenvalue weighted by Crippen LogP contribution is 2.22. The second kappa shape index (κ2) is 7.58. The van der Waals surface area contributed by atoms with Gasteiger partial charge in [0.15, 0.2) is 5.78 Å². The minimum atomic E-state index is 0.0267. The van der Waals surface area contributed by atoms with E-state index in [2.05, 4.69) is 23.7 Å². The summed E-state index contributed by atoms with van der Waals surface area (Å²) in [5.41, 5.74) is 1.67. The van der Waals surface area contributed by atoms with E-state index in [1.54, 1.807) is 6.08 Å². The van der Waals surface area contributed by atoms with Gasteiger partial charge < -0.3 is 9.64 Å². The lowest BCUT2D eigenvalue weighted by atomic mass is 10.0. The summed E-state index contributed by atoms with van der Waals surface area (Å²) in [6.07, 6.45) is 13.8. The number of anilines is 1. The molecule has 24 heavy (non-hydrogen) atoms. The van der Waals surface area contributed by atoms with Gasteiger partial charge in [0, 0.05) is 11.8 Å². The maximum Gasteiger partial charge on any atom is 0.185 e. The van der Waals surface area contributed by atoms with Crippen molar-refractivity contribution >= 4 is 17.7 Å². The van der Waals surface area contributed by atoms with Crippen molar-refractivity contribution in [1.82, 2.24) is 4.98 Å². The van der Waals surface area contributed by atoms with Crippen LogP contribution in [0.15, 0.2) is 48.2 Å². The molecule has 0 saturated carbocycles. The minimum Gasteiger partial charge on any atom is -0.377 e. The molecule has 3 rings (SSSR count). The van der Waals surface area contributed by atoms with Gasteiger partial charge in [-0.25, -0.2) is 4.98 Å². The standard InChI is InChI=1S/C20H23N2O2/c1-15-13-24-14-16(2)22(15)20-11-9-17(12-21-20)8-10-19(23)18-6-4-3-5-7-18/h3-4,6-12,15-16H,5,13-14H2,1-2H3. The zero-order chi connectivity index (χ0) is 16.9. The number of pyridine rings is 1. The number of carbonyl (C=O) groups is 1. The molecule has 2 unspecified atom stereocenters. The summed E-state index contributed by atoms with van der Waals surface area (Å²) in [5, 5.41) is 0. The number of aromatic nitrogens is 1. The smallest absolute Gasteiger partial charge is 0.185 e. The molecule has 0 amide bonds. The Balaban J connectivity index is 1.68. The van der Waals surface area contributed by atoms with E-state index in [9.17, 15) is 4.79 Å². The second-order valence-corrected chi connectivity index (χ2v) is 6.28. The summed E-state index contributed by atoms with van der Waals surface area (Å²) >= 11 is 0. The molecule has 1 aliphatic heterocycles. The van der Waals surface area contributed by atoms with E-state index in [4.69, 9.17) is 4.74 Å². The molecule has 1 radical (unpaired) electrons. The lowest BCUT2D eigenvalue weighted by Crippen LogP contribution is -2.50. The van der Waals surface area contributed by atoms with Crippen molar-refractivity contribution in [2.24, 2.45) is 0 Å². The molecule has 4 nitrogen and oxygen atoms in total. The summed E-state index contributed by atoms with van der Waals surface area (Å²) in [7, 11) is 0. The number of carbonyl (C=O) groups excluding carboxylic acids is 1. The van der Waals surface area contributed by atoms with Crippen LogP contribution in [0.4, 0.5) is 5.82 Å². The molecule has 4 heteroatoms. The molecule has 2 aliphatic rings. The maximum absolute atomic E-state index is 12.1. The first-order chi connectivity index (χ1) is 11.6. The fourth-order valence-electron chi connectivity index (χ4n) is 3.07. The van der Waals surface area contributed by atoms with E-state index in [0.29, 0.717) is 12.1 Å². The molecular formula is C20H23N2O2. The topological polar surface area (TPSA) is 42.4 Å². The monoisotopic (exact) mass is 323 g/mol. The largest absolute Gasteiger partial charge is 0.377 e. The number of ketones is 1. The molecule has 1 saturated heterocycles. The fourth-order valence-corrected chi connectivity index (χ4v) is 3.07. The number of hydrogen-bond acceptors (Lipinski definition) is 4. The van der Waals surface area contributed by atoms with E-state index < -0.39 is 0 Å². The van der Waals surface area contributed by atoms with Gasteiger partial charge in [-0.2, -0.15) is 0 Å². The third-order valence-electron chi connectivity index (χ3n) is 4.30.